The third-order valence-electron chi connectivity index (χ3n) is 17.2. The molecule has 9 rings (SSSR count). The second-order valence-electron chi connectivity index (χ2n) is 27.1. The summed E-state index contributed by atoms with van der Waals surface area (Å²) in [6, 6.07) is 37.1. The van der Waals surface area contributed by atoms with E-state index in [1.807, 2.05) is 135 Å². The number of nitrogens with two attached hydrogens (primary N) is 2. The number of nitrogens with one attached hydrogen (secondary N) is 6. The number of alkyl carbamates (subject to hydrolysis) is 2. The Bertz CT molecular complexity index is 4200. The van der Waals surface area contributed by atoms with Gasteiger partial charge < -0.3 is 76.8 Å². The van der Waals surface area contributed by atoms with E-state index in [0.717, 1.165) is 65.9 Å². The van der Waals surface area contributed by atoms with Crippen LogP contribution in [0.1, 0.15) is 117 Å². The monoisotopic (exact) mass is 1440 g/mol. The summed E-state index contributed by atoms with van der Waals surface area (Å²) >= 11 is 0. The molecule has 13 N–H and O–H groups in total. The molecule has 6 aromatic carbocycles. The molecular formula is C74H94N11O17P. The lowest BCUT2D eigenvalue weighted by Gasteiger charge is -2.26. The number of carbonyl (C=O) groups is 5. The maximum Gasteiger partial charge on any atom is 0.493 e. The van der Waals surface area contributed by atoms with Crippen LogP contribution in [0.5, 0.6) is 11.5 Å². The van der Waals surface area contributed by atoms with E-state index in [4.69, 9.17) is 44.3 Å². The number of aliphatic hydroxyl groups is 2. The Morgan fingerprint density at radius 3 is 1.85 bits per heavy atom. The highest BCUT2D eigenvalue weighted by Crippen LogP contribution is 2.47. The summed E-state index contributed by atoms with van der Waals surface area (Å²) in [5.74, 6) is -1.53. The SMILES string of the molecule is CC(C)CCOc1ccc2ccccc2c1-c1c(OCCNC(=O)C(CCCCNC(=O)OC(C)(C)C)NC(=O)C(CCCN=C(N)NOP(=O)(O)OC[C@H]2O[C@@H](n3ccc(N)nc3=O)[C@H](O)[C@@H]2O)NC(=O)C(CC(C)C)NC(=O)OCC2c3ccccc3-c3ccccc32)ccc2ccccc12. The molecule has 5 amide bonds. The smallest absolute Gasteiger partial charge is 0.493 e. The van der Waals surface area contributed by atoms with E-state index in [2.05, 4.69) is 56.5 Å². The van der Waals surface area contributed by atoms with Gasteiger partial charge in [0.05, 0.1) is 19.8 Å². The van der Waals surface area contributed by atoms with E-state index in [9.17, 15) is 48.4 Å². The maximum atomic E-state index is 14.9. The Balaban J connectivity index is 0.904. The second-order valence-corrected chi connectivity index (χ2v) is 28.5. The summed E-state index contributed by atoms with van der Waals surface area (Å²) < 4.78 is 53.7. The van der Waals surface area contributed by atoms with Crippen LogP contribution in [0.2, 0.25) is 0 Å². The number of carbonyl (C=O) groups excluding carboxylic acids is 5. The number of unbranched alkanes of at least 4 members (excludes halogenated alkanes) is 1. The number of aliphatic hydroxyl groups excluding tert-OH is 2. The predicted molar refractivity (Wildman–Crippen MR) is 388 cm³/mol. The van der Waals surface area contributed by atoms with Crippen LogP contribution in [0.3, 0.4) is 0 Å². The minimum absolute atomic E-state index is 0.00133. The number of fused-ring (bicyclic) bond motifs is 5. The van der Waals surface area contributed by atoms with Crippen LogP contribution in [0.15, 0.2) is 143 Å². The van der Waals surface area contributed by atoms with E-state index in [0.29, 0.717) is 36.9 Å². The van der Waals surface area contributed by atoms with E-state index >= 15 is 0 Å². The first kappa shape index (κ1) is 77.5. The van der Waals surface area contributed by atoms with Crippen molar-refractivity contribution in [2.45, 2.75) is 148 Å². The first-order valence-electron chi connectivity index (χ1n) is 34.6. The topological polar surface area (TPSA) is 399 Å². The molecule has 1 saturated heterocycles. The molecule has 0 saturated carbocycles. The molecule has 7 aromatic rings. The summed E-state index contributed by atoms with van der Waals surface area (Å²) in [6.45, 7) is 12.8. The summed E-state index contributed by atoms with van der Waals surface area (Å²) in [6.07, 6.45) is -5.00. The van der Waals surface area contributed by atoms with Crippen LogP contribution in [0.25, 0.3) is 43.8 Å². The van der Waals surface area contributed by atoms with Gasteiger partial charge in [-0.05, 0) is 140 Å². The van der Waals surface area contributed by atoms with Gasteiger partial charge in [-0.3, -0.25) is 28.5 Å². The number of aromatic nitrogens is 2. The van der Waals surface area contributed by atoms with Gasteiger partial charge in [0.2, 0.25) is 23.7 Å². The number of ether oxygens (including phenoxy) is 5. The normalized spacial score (nSPS) is 17.3. The number of hydroxylamine groups is 1. The summed E-state index contributed by atoms with van der Waals surface area (Å²) in [5, 5.41) is 39.2. The first-order chi connectivity index (χ1) is 49.2. The van der Waals surface area contributed by atoms with Gasteiger partial charge in [-0.25, -0.2) is 24.4 Å². The fraction of sp³-hybridized carbons (Fsp3) is 0.432. The van der Waals surface area contributed by atoms with Crippen molar-refractivity contribution in [1.82, 2.24) is 41.6 Å². The molecule has 1 aromatic heterocycles. The van der Waals surface area contributed by atoms with Gasteiger partial charge in [0.25, 0.3) is 0 Å². The lowest BCUT2D eigenvalue weighted by Crippen LogP contribution is -2.57. The number of nitrogens with zero attached hydrogens (tertiary/aromatic N) is 3. The highest BCUT2D eigenvalue weighted by molar-refractivity contribution is 7.47. The molecule has 0 radical (unpaired) electrons. The zero-order valence-corrected chi connectivity index (χ0v) is 59.8. The zero-order valence-electron chi connectivity index (χ0n) is 58.9. The van der Waals surface area contributed by atoms with Gasteiger partial charge in [0.15, 0.2) is 6.23 Å². The Morgan fingerprint density at radius 2 is 1.24 bits per heavy atom. The maximum absolute atomic E-state index is 14.9. The molecular weight excluding hydrogens is 1350 g/mol. The summed E-state index contributed by atoms with van der Waals surface area (Å²) in [5.41, 5.74) is 17.7. The molecule has 103 heavy (non-hydrogen) atoms. The van der Waals surface area contributed by atoms with Crippen molar-refractivity contribution in [3.05, 3.63) is 155 Å². The Labute approximate surface area is 597 Å². The molecule has 4 unspecified atom stereocenters. The number of phosphoric acid groups is 1. The van der Waals surface area contributed by atoms with Gasteiger partial charge in [-0.15, -0.1) is 0 Å². The highest BCUT2D eigenvalue weighted by atomic mass is 31.2. The quantitative estimate of drug-likeness (QED) is 0.00592. The highest BCUT2D eigenvalue weighted by Gasteiger charge is 2.45. The number of guanidine groups is 1. The van der Waals surface area contributed by atoms with Crippen LogP contribution < -0.4 is 58.7 Å². The third-order valence-corrected chi connectivity index (χ3v) is 18.0. The van der Waals surface area contributed by atoms with Crippen molar-refractivity contribution in [1.29, 1.82) is 0 Å². The average Bonchev–Trinajstić information content (AvgIpc) is 1.71. The third kappa shape index (κ3) is 21.5. The van der Waals surface area contributed by atoms with Gasteiger partial charge in [-0.2, -0.15) is 9.61 Å². The lowest BCUT2D eigenvalue weighted by atomic mass is 9.92. The molecule has 0 spiro atoms. The van der Waals surface area contributed by atoms with Crippen molar-refractivity contribution in [3.8, 4) is 33.8 Å². The van der Waals surface area contributed by atoms with Gasteiger partial charge >= 0.3 is 25.7 Å². The van der Waals surface area contributed by atoms with Crippen LogP contribution in [-0.2, 0) is 42.3 Å². The number of anilines is 1. The minimum atomic E-state index is -5.06. The van der Waals surface area contributed by atoms with Crippen molar-refractivity contribution in [3.63, 3.8) is 0 Å². The number of benzene rings is 6. The Morgan fingerprint density at radius 1 is 0.660 bits per heavy atom. The predicted octanol–water partition coefficient (Wildman–Crippen LogP) is 8.39. The van der Waals surface area contributed by atoms with E-state index in [1.54, 1.807) is 20.8 Å². The van der Waals surface area contributed by atoms with Crippen molar-refractivity contribution in [2.24, 2.45) is 22.6 Å². The number of rotatable bonds is 34. The molecule has 1 aliphatic carbocycles. The van der Waals surface area contributed by atoms with E-state index in [-0.39, 0.29) is 76.2 Å². The minimum Gasteiger partial charge on any atom is -0.493 e. The largest absolute Gasteiger partial charge is 0.493 e. The molecule has 1 fully saturated rings. The summed E-state index contributed by atoms with van der Waals surface area (Å²) in [7, 11) is -5.06. The number of hydrogen-bond acceptors (Lipinski definition) is 19. The van der Waals surface area contributed by atoms with Crippen molar-refractivity contribution >= 4 is 71.1 Å². The van der Waals surface area contributed by atoms with Crippen LogP contribution >= 0.6 is 7.82 Å². The van der Waals surface area contributed by atoms with Gasteiger partial charge in [0, 0.05) is 36.3 Å². The lowest BCUT2D eigenvalue weighted by molar-refractivity contribution is -0.133. The molecule has 28 nitrogen and oxygen atoms in total. The van der Waals surface area contributed by atoms with Gasteiger partial charge in [-0.1, -0.05) is 137 Å². The molecule has 2 aliphatic rings. The molecule has 29 heteroatoms. The molecule has 8 atom stereocenters. The summed E-state index contributed by atoms with van der Waals surface area (Å²) in [4.78, 5) is 101. The molecule has 1 aliphatic heterocycles. The first-order valence-corrected chi connectivity index (χ1v) is 36.1. The molecule has 0 bridgehead atoms. The van der Waals surface area contributed by atoms with Crippen LogP contribution in [-0.4, -0.2) is 149 Å². The number of aliphatic imine (C=N–C) groups is 1. The number of amides is 5. The average molecular weight is 1440 g/mol. The Kier molecular flexibility index (Phi) is 27.1. The molecule has 2 heterocycles. The van der Waals surface area contributed by atoms with Crippen LogP contribution in [0, 0.1) is 11.8 Å². The van der Waals surface area contributed by atoms with Crippen LogP contribution in [0.4, 0.5) is 15.4 Å². The van der Waals surface area contributed by atoms with E-state index < -0.39 is 104 Å². The zero-order chi connectivity index (χ0) is 74.0. The molecule has 552 valence electrons. The van der Waals surface area contributed by atoms with Gasteiger partial charge in [0.1, 0.15) is 72.6 Å². The van der Waals surface area contributed by atoms with Crippen molar-refractivity contribution in [2.75, 3.05) is 51.8 Å². The van der Waals surface area contributed by atoms with Crippen molar-refractivity contribution < 1.29 is 76.5 Å². The van der Waals surface area contributed by atoms with E-state index in [1.165, 1.54) is 12.3 Å². The second kappa shape index (κ2) is 36.0. The number of nitrogen functional groups attached to an aromatic ring is 1. The fourth-order valence-electron chi connectivity index (χ4n) is 12.2. The standard InChI is InChI=1S/C74H94N11O17P/c1-44(2)34-39-96-58-31-29-46-19-8-10-21-48(46)62(58)63-49-22-11-9-20-47(49)30-32-59(63)97-40-37-77-66(88)55(27-16-17-35-79-72(92)101-74(5,6)7)80-67(89)56(81-68(90)57(41-45(3)4)82-73(93)98-42-54-52-25-14-12-23-50(52)51-24-13-15-26-53(51)54)28-18-36-78-70(76)84-102-103(94,95)99-43-60-64(86)65(87)69(100-60)85-38-33-61(75)83-71(85)91/h8-15,19-26,29-33,38,44-45,54-57,60,64-65,69,86-87H,16-18,27-28,34-37,39-43H2,1-7H3,(H,77,88)(H,79,92)(H,80,89)(H,81,90)(H,82,93)(H,94,95)(H2,75,83,91)(H3,76,78,84)/t55?,56?,57?,60-,64-,65-,69-/m1/s1. The fourth-order valence-corrected chi connectivity index (χ4v) is 12.8. The number of phosphoric ester groups is 1. The Hall–Kier alpha value is -9.67. The number of hydrogen-bond donors (Lipinski definition) is 11.